The first-order valence-electron chi connectivity index (χ1n) is 7.28. The van der Waals surface area contributed by atoms with E-state index in [0.29, 0.717) is 24.5 Å². The molecule has 2 saturated heterocycles. The molecule has 1 aromatic heterocycles. The number of nitrogen functional groups attached to an aromatic ring is 1. The van der Waals surface area contributed by atoms with Crippen LogP contribution < -0.4 is 15.4 Å². The van der Waals surface area contributed by atoms with Gasteiger partial charge in [-0.25, -0.2) is 0 Å². The predicted octanol–water partition coefficient (Wildman–Crippen LogP) is 0.859. The summed E-state index contributed by atoms with van der Waals surface area (Å²) in [5.74, 6) is 1.28. The largest absolute Gasteiger partial charge is 0.463 e. The van der Waals surface area contributed by atoms with Gasteiger partial charge in [0, 0.05) is 25.6 Å². The van der Waals surface area contributed by atoms with Gasteiger partial charge in [-0.2, -0.15) is 15.0 Å². The van der Waals surface area contributed by atoms with Crippen molar-refractivity contribution in [3.8, 4) is 6.01 Å². The van der Waals surface area contributed by atoms with Crippen molar-refractivity contribution in [2.75, 3.05) is 43.5 Å². The average Bonchev–Trinajstić information content (AvgIpc) is 2.99. The summed E-state index contributed by atoms with van der Waals surface area (Å²) in [5, 5.41) is 0. The Bertz CT molecular complexity index is 444. The monoisotopic (exact) mass is 279 g/mol. The number of nitrogens with two attached hydrogens (primary N) is 1. The molecular formula is C13H21N5O2. The summed E-state index contributed by atoms with van der Waals surface area (Å²) in [6.07, 6.45) is 4.63. The minimum Gasteiger partial charge on any atom is -0.463 e. The minimum absolute atomic E-state index is 0.221. The number of hydrogen-bond donors (Lipinski definition) is 1. The fourth-order valence-corrected chi connectivity index (χ4v) is 2.57. The first kappa shape index (κ1) is 13.4. The molecule has 2 N–H and O–H groups in total. The van der Waals surface area contributed by atoms with Gasteiger partial charge in [0.2, 0.25) is 11.9 Å². The number of aromatic nitrogens is 3. The van der Waals surface area contributed by atoms with Crippen LogP contribution in [0.4, 0.5) is 11.9 Å². The maximum absolute atomic E-state index is 5.76. The number of nitrogens with zero attached hydrogens (tertiary/aromatic N) is 4. The van der Waals surface area contributed by atoms with Crippen LogP contribution in [0.15, 0.2) is 0 Å². The SMILES string of the molecule is Nc1nc(OCC2CCOC2)nc(N2CCCCC2)n1. The lowest BCUT2D eigenvalue weighted by atomic mass is 10.1. The van der Waals surface area contributed by atoms with Crippen LogP contribution in [0, 0.1) is 5.92 Å². The molecule has 1 aromatic rings. The van der Waals surface area contributed by atoms with Gasteiger partial charge in [-0.05, 0) is 25.7 Å². The van der Waals surface area contributed by atoms with Crippen LogP contribution in [0.25, 0.3) is 0 Å². The van der Waals surface area contributed by atoms with Crippen LogP contribution in [0.3, 0.4) is 0 Å². The topological polar surface area (TPSA) is 86.4 Å². The van der Waals surface area contributed by atoms with Gasteiger partial charge in [0.1, 0.15) is 0 Å². The van der Waals surface area contributed by atoms with Crippen molar-refractivity contribution in [3.05, 3.63) is 0 Å². The first-order chi connectivity index (χ1) is 9.81. The highest BCUT2D eigenvalue weighted by Gasteiger charge is 2.19. The Morgan fingerprint density at radius 2 is 2.05 bits per heavy atom. The molecule has 7 heteroatoms. The van der Waals surface area contributed by atoms with Crippen LogP contribution in [0.2, 0.25) is 0 Å². The third-order valence-electron chi connectivity index (χ3n) is 3.73. The fraction of sp³-hybridized carbons (Fsp3) is 0.769. The second-order valence-electron chi connectivity index (χ2n) is 5.36. The molecule has 2 aliphatic rings. The van der Waals surface area contributed by atoms with Crippen molar-refractivity contribution in [2.24, 2.45) is 5.92 Å². The highest BCUT2D eigenvalue weighted by atomic mass is 16.5. The van der Waals surface area contributed by atoms with Gasteiger partial charge in [0.15, 0.2) is 0 Å². The molecule has 3 heterocycles. The molecule has 1 unspecified atom stereocenters. The lowest BCUT2D eigenvalue weighted by molar-refractivity contribution is 0.163. The molecule has 0 aliphatic carbocycles. The molecule has 1 atom stereocenters. The summed E-state index contributed by atoms with van der Waals surface area (Å²) in [5.41, 5.74) is 5.76. The lowest BCUT2D eigenvalue weighted by Gasteiger charge is -2.26. The van der Waals surface area contributed by atoms with Crippen LogP contribution >= 0.6 is 0 Å². The van der Waals surface area contributed by atoms with Crippen LogP contribution in [0.5, 0.6) is 6.01 Å². The predicted molar refractivity (Wildman–Crippen MR) is 74.7 cm³/mol. The first-order valence-corrected chi connectivity index (χ1v) is 7.28. The second-order valence-corrected chi connectivity index (χ2v) is 5.36. The molecule has 0 amide bonds. The fourth-order valence-electron chi connectivity index (χ4n) is 2.57. The molecule has 3 rings (SSSR count). The second kappa shape index (κ2) is 6.21. The van der Waals surface area contributed by atoms with Gasteiger partial charge >= 0.3 is 6.01 Å². The molecule has 0 saturated carbocycles. The van der Waals surface area contributed by atoms with Crippen molar-refractivity contribution in [1.82, 2.24) is 15.0 Å². The van der Waals surface area contributed by atoms with E-state index in [4.69, 9.17) is 15.2 Å². The van der Waals surface area contributed by atoms with Crippen molar-refractivity contribution >= 4 is 11.9 Å². The van der Waals surface area contributed by atoms with Crippen LogP contribution in [-0.4, -0.2) is 47.9 Å². The zero-order valence-corrected chi connectivity index (χ0v) is 11.6. The van der Waals surface area contributed by atoms with Gasteiger partial charge in [0.25, 0.3) is 0 Å². The average molecular weight is 279 g/mol. The smallest absolute Gasteiger partial charge is 0.323 e. The number of ether oxygens (including phenoxy) is 2. The highest BCUT2D eigenvalue weighted by Crippen LogP contribution is 2.19. The number of hydrogen-bond acceptors (Lipinski definition) is 7. The van der Waals surface area contributed by atoms with E-state index in [1.54, 1.807) is 0 Å². The van der Waals surface area contributed by atoms with Gasteiger partial charge < -0.3 is 20.1 Å². The van der Waals surface area contributed by atoms with E-state index in [1.165, 1.54) is 19.3 Å². The molecule has 0 bridgehead atoms. The summed E-state index contributed by atoms with van der Waals surface area (Å²) >= 11 is 0. The van der Waals surface area contributed by atoms with E-state index >= 15 is 0 Å². The van der Waals surface area contributed by atoms with E-state index < -0.39 is 0 Å². The van der Waals surface area contributed by atoms with Crippen LogP contribution in [0.1, 0.15) is 25.7 Å². The summed E-state index contributed by atoms with van der Waals surface area (Å²) in [7, 11) is 0. The maximum atomic E-state index is 5.76. The lowest BCUT2D eigenvalue weighted by Crippen LogP contribution is -2.31. The Balaban J connectivity index is 1.65. The van der Waals surface area contributed by atoms with Gasteiger partial charge in [0.05, 0.1) is 13.2 Å². The molecule has 110 valence electrons. The van der Waals surface area contributed by atoms with Crippen molar-refractivity contribution in [3.63, 3.8) is 0 Å². The summed E-state index contributed by atoms with van der Waals surface area (Å²) < 4.78 is 11.0. The highest BCUT2D eigenvalue weighted by molar-refractivity contribution is 5.36. The van der Waals surface area contributed by atoms with E-state index in [9.17, 15) is 0 Å². The molecule has 0 spiro atoms. The van der Waals surface area contributed by atoms with E-state index in [0.717, 1.165) is 32.7 Å². The Labute approximate surface area is 118 Å². The maximum Gasteiger partial charge on any atom is 0.323 e. The normalized spacial score (nSPS) is 23.0. The molecule has 2 aliphatic heterocycles. The van der Waals surface area contributed by atoms with Crippen molar-refractivity contribution < 1.29 is 9.47 Å². The molecule has 0 radical (unpaired) electrons. The molecule has 0 aromatic carbocycles. The molecular weight excluding hydrogens is 258 g/mol. The van der Waals surface area contributed by atoms with Crippen molar-refractivity contribution in [1.29, 1.82) is 0 Å². The van der Waals surface area contributed by atoms with Gasteiger partial charge in [-0.1, -0.05) is 0 Å². The van der Waals surface area contributed by atoms with Crippen molar-refractivity contribution in [2.45, 2.75) is 25.7 Å². The zero-order chi connectivity index (χ0) is 13.8. The zero-order valence-electron chi connectivity index (χ0n) is 11.6. The standard InChI is InChI=1S/C13H21N5O2/c14-11-15-12(18-5-2-1-3-6-18)17-13(16-11)20-9-10-4-7-19-8-10/h10H,1-9H2,(H2,14,15,16,17). The Morgan fingerprint density at radius 1 is 1.20 bits per heavy atom. The van der Waals surface area contributed by atoms with Gasteiger partial charge in [-0.3, -0.25) is 0 Å². The Kier molecular flexibility index (Phi) is 4.15. The quantitative estimate of drug-likeness (QED) is 0.874. The van der Waals surface area contributed by atoms with E-state index in [-0.39, 0.29) is 5.95 Å². The minimum atomic E-state index is 0.221. The Morgan fingerprint density at radius 3 is 2.80 bits per heavy atom. The summed E-state index contributed by atoms with van der Waals surface area (Å²) in [6, 6.07) is 0.324. The van der Waals surface area contributed by atoms with Crippen LogP contribution in [-0.2, 0) is 4.74 Å². The number of piperidine rings is 1. The third-order valence-corrected chi connectivity index (χ3v) is 3.73. The van der Waals surface area contributed by atoms with Gasteiger partial charge in [-0.15, -0.1) is 0 Å². The summed E-state index contributed by atoms with van der Waals surface area (Å²) in [4.78, 5) is 14.8. The molecule has 7 nitrogen and oxygen atoms in total. The third kappa shape index (κ3) is 3.27. The number of anilines is 2. The Hall–Kier alpha value is -1.63. The summed E-state index contributed by atoms with van der Waals surface area (Å²) in [6.45, 7) is 4.08. The molecule has 2 fully saturated rings. The van der Waals surface area contributed by atoms with E-state index in [2.05, 4.69) is 19.9 Å². The van der Waals surface area contributed by atoms with E-state index in [1.807, 2.05) is 0 Å². The number of rotatable bonds is 4. The molecule has 20 heavy (non-hydrogen) atoms.